The summed E-state index contributed by atoms with van der Waals surface area (Å²) in [6.07, 6.45) is 0. The highest BCUT2D eigenvalue weighted by Gasteiger charge is 2.46. The maximum absolute atomic E-state index is 14.7. The molecule has 0 radical (unpaired) electrons. The first-order valence-corrected chi connectivity index (χ1v) is 29.6. The molecule has 3 aliphatic heterocycles. The number of rotatable bonds is 12. The van der Waals surface area contributed by atoms with Crippen LogP contribution in [0.1, 0.15) is 34.2 Å². The van der Waals surface area contributed by atoms with Crippen LogP contribution in [0.3, 0.4) is 0 Å². The van der Waals surface area contributed by atoms with Crippen LogP contribution in [0.4, 0.5) is 0 Å². The summed E-state index contributed by atoms with van der Waals surface area (Å²) in [6.45, 7) is 0. The fraction of sp³-hybridized carbons (Fsp3) is 0.0500. The van der Waals surface area contributed by atoms with Crippen molar-refractivity contribution in [3.05, 3.63) is 235 Å². The van der Waals surface area contributed by atoms with Crippen LogP contribution in [0, 0.1) is 0 Å². The molecule has 3 aliphatic rings. The topological polar surface area (TPSA) is 206 Å². The number of ether oxygens (including phenoxy) is 3. The van der Waals surface area contributed by atoms with Crippen molar-refractivity contribution in [1.29, 1.82) is 0 Å². The first-order chi connectivity index (χ1) is 37.9. The average molecular weight is 1090 g/mol. The summed E-state index contributed by atoms with van der Waals surface area (Å²) in [7, 11) is -11.8. The van der Waals surface area contributed by atoms with Gasteiger partial charge < -0.3 is 43.1 Å². The summed E-state index contributed by atoms with van der Waals surface area (Å²) in [5.41, 5.74) is 5.35. The lowest BCUT2D eigenvalue weighted by molar-refractivity contribution is 0.240. The Balaban J connectivity index is 0.781. The summed E-state index contributed by atoms with van der Waals surface area (Å²) in [5.74, 6) is -2.76. The number of aromatic nitrogens is 3. The normalized spacial score (nSPS) is 19.4. The quantitative estimate of drug-likeness (QED) is 0.0973. The number of benzene rings is 9. The first-order valence-electron chi connectivity index (χ1n) is 24.5. The van der Waals surface area contributed by atoms with Gasteiger partial charge in [-0.05, 0) is 106 Å². The minimum Gasteiger partial charge on any atom is -0.437 e. The molecule has 13 rings (SSSR count). The molecule has 4 heterocycles. The van der Waals surface area contributed by atoms with Gasteiger partial charge in [0.2, 0.25) is 0 Å². The summed E-state index contributed by atoms with van der Waals surface area (Å²) in [6, 6.07) is 61.0. The molecular weight excluding hydrogens is 1050 g/mol. The highest BCUT2D eigenvalue weighted by molar-refractivity contribution is 7.68. The fourth-order valence-corrected chi connectivity index (χ4v) is 16.8. The van der Waals surface area contributed by atoms with Crippen molar-refractivity contribution in [3.8, 4) is 85.9 Å². The van der Waals surface area contributed by atoms with Crippen molar-refractivity contribution in [3.63, 3.8) is 0 Å². The van der Waals surface area contributed by atoms with E-state index in [2.05, 4.69) is 15.0 Å². The molecular formula is C60H42N3O12P3. The predicted molar refractivity (Wildman–Crippen MR) is 293 cm³/mol. The number of aliphatic hydroxyl groups is 3. The summed E-state index contributed by atoms with van der Waals surface area (Å²) < 4.78 is 80.9. The van der Waals surface area contributed by atoms with E-state index < -0.39 is 39.6 Å². The Morgan fingerprint density at radius 1 is 0.308 bits per heavy atom. The molecule has 0 saturated carbocycles. The lowest BCUT2D eigenvalue weighted by atomic mass is 10.0. The Labute approximate surface area is 446 Å². The van der Waals surface area contributed by atoms with Gasteiger partial charge in [0.05, 0.1) is 15.9 Å². The molecule has 3 N–H and O–H groups in total. The number of nitrogens with zero attached hydrogens (tertiary/aromatic N) is 3. The van der Waals surface area contributed by atoms with Crippen LogP contribution in [0.5, 0.6) is 52.5 Å². The predicted octanol–water partition coefficient (Wildman–Crippen LogP) is 13.2. The molecule has 6 atom stereocenters. The third-order valence-corrected chi connectivity index (χ3v) is 21.1. The van der Waals surface area contributed by atoms with E-state index in [1.807, 2.05) is 72.8 Å². The molecule has 0 spiro atoms. The molecule has 0 bridgehead atoms. The van der Waals surface area contributed by atoms with Crippen molar-refractivity contribution >= 4 is 38.0 Å². The first kappa shape index (κ1) is 49.0. The van der Waals surface area contributed by atoms with Gasteiger partial charge in [-0.3, -0.25) is 13.7 Å². The molecule has 0 aliphatic carbocycles. The van der Waals surface area contributed by atoms with Gasteiger partial charge >= 0.3 is 40.1 Å². The van der Waals surface area contributed by atoms with E-state index in [-0.39, 0.29) is 35.3 Å². The van der Waals surface area contributed by atoms with Crippen molar-refractivity contribution in [1.82, 2.24) is 15.0 Å². The summed E-state index contributed by atoms with van der Waals surface area (Å²) in [5, 5.41) is 36.4. The Morgan fingerprint density at radius 3 is 0.808 bits per heavy atom. The molecule has 384 valence electrons. The molecule has 1 aromatic heterocycles. The third kappa shape index (κ3) is 8.54. The van der Waals surface area contributed by atoms with Gasteiger partial charge in [-0.25, -0.2) is 0 Å². The van der Waals surface area contributed by atoms with E-state index in [9.17, 15) is 29.0 Å². The maximum atomic E-state index is 14.7. The second-order valence-corrected chi connectivity index (χ2v) is 25.5. The van der Waals surface area contributed by atoms with Gasteiger partial charge in [0.1, 0.15) is 34.5 Å². The Hall–Kier alpha value is -8.64. The van der Waals surface area contributed by atoms with Crippen LogP contribution in [0.25, 0.3) is 33.4 Å². The van der Waals surface area contributed by atoms with E-state index in [0.717, 1.165) is 16.7 Å². The molecule has 10 aromatic rings. The van der Waals surface area contributed by atoms with Crippen LogP contribution < -0.4 is 43.7 Å². The summed E-state index contributed by atoms with van der Waals surface area (Å²) in [4.78, 5) is 13.3. The maximum Gasteiger partial charge on any atom is 0.331 e. The average Bonchev–Trinajstić information content (AvgIpc) is 3.61. The number of hydrogen-bond donors (Lipinski definition) is 3. The molecule has 9 aromatic carbocycles. The van der Waals surface area contributed by atoms with E-state index >= 15 is 0 Å². The molecule has 0 saturated heterocycles. The van der Waals surface area contributed by atoms with Crippen LogP contribution >= 0.6 is 22.1 Å². The van der Waals surface area contributed by atoms with Crippen LogP contribution in [0.2, 0.25) is 0 Å². The van der Waals surface area contributed by atoms with Crippen LogP contribution in [-0.4, -0.2) is 30.3 Å². The van der Waals surface area contributed by atoms with Crippen LogP contribution in [-0.2, 0) is 13.7 Å². The minimum atomic E-state index is -3.92. The summed E-state index contributed by atoms with van der Waals surface area (Å²) >= 11 is 0. The van der Waals surface area contributed by atoms with E-state index in [1.165, 1.54) is 0 Å². The second kappa shape index (κ2) is 19.4. The largest absolute Gasteiger partial charge is 0.437 e. The minimum absolute atomic E-state index is 0.215. The molecule has 15 nitrogen and oxygen atoms in total. The fourth-order valence-electron chi connectivity index (χ4n) is 9.84. The van der Waals surface area contributed by atoms with Gasteiger partial charge in [-0.15, -0.1) is 15.0 Å². The zero-order valence-electron chi connectivity index (χ0n) is 40.7. The number of fused-ring (bicyclic) bond motifs is 9. The zero-order chi connectivity index (χ0) is 53.2. The van der Waals surface area contributed by atoms with Gasteiger partial charge in [-0.2, -0.15) is 0 Å². The Morgan fingerprint density at radius 2 is 0.538 bits per heavy atom. The molecule has 18 heteroatoms. The van der Waals surface area contributed by atoms with Crippen molar-refractivity contribution < 1.29 is 56.8 Å². The van der Waals surface area contributed by atoms with Gasteiger partial charge in [0.25, 0.3) is 0 Å². The number of para-hydroxylation sites is 3. The Kier molecular flexibility index (Phi) is 12.2. The number of hydrogen-bond acceptors (Lipinski definition) is 15. The highest BCUT2D eigenvalue weighted by atomic mass is 31.2. The second-order valence-electron chi connectivity index (χ2n) is 18.4. The van der Waals surface area contributed by atoms with Gasteiger partial charge in [-0.1, -0.05) is 146 Å². The molecule has 0 amide bonds. The van der Waals surface area contributed by atoms with E-state index in [4.69, 9.17) is 27.8 Å². The van der Waals surface area contributed by atoms with E-state index in [0.29, 0.717) is 66.5 Å². The molecule has 0 fully saturated rings. The third-order valence-electron chi connectivity index (χ3n) is 13.7. The lowest BCUT2D eigenvalue weighted by Gasteiger charge is -2.31. The van der Waals surface area contributed by atoms with Crippen LogP contribution in [0.15, 0.2) is 218 Å². The monoisotopic (exact) mass is 1090 g/mol. The van der Waals surface area contributed by atoms with Crippen molar-refractivity contribution in [2.75, 3.05) is 0 Å². The lowest BCUT2D eigenvalue weighted by Crippen LogP contribution is -2.22. The van der Waals surface area contributed by atoms with Gasteiger partial charge in [0.15, 0.2) is 17.5 Å². The zero-order valence-corrected chi connectivity index (χ0v) is 43.4. The smallest absolute Gasteiger partial charge is 0.331 e. The standard InChI is InChI=1S/C60H42N3O12P3/c64-55(76(67)52-22-10-4-16-46(52)43-13-1-7-19-49(43)73-76)37-25-31-40(32-26-37)70-58-61-59(71-41-33-27-38(28-34-41)56(65)77(68)53-23-11-5-17-47(53)44-14-2-8-20-50(44)74-77)63-60(62-58)72-42-35-29-39(30-36-42)57(66)78(69)54-24-12-6-18-48(54)45-15-3-9-21-51(45)75-78/h1-36,55-57,64-66H. The van der Waals surface area contributed by atoms with Crippen molar-refractivity contribution in [2.24, 2.45) is 0 Å². The van der Waals surface area contributed by atoms with Crippen molar-refractivity contribution in [2.45, 2.75) is 17.5 Å². The van der Waals surface area contributed by atoms with E-state index in [1.54, 1.807) is 146 Å². The van der Waals surface area contributed by atoms with Gasteiger partial charge in [0, 0.05) is 16.7 Å². The Bertz CT molecular complexity index is 3690. The number of aliphatic hydroxyl groups excluding tert-OH is 3. The molecule has 6 unspecified atom stereocenters. The highest BCUT2D eigenvalue weighted by Crippen LogP contribution is 2.65. The SMILES string of the molecule is O=P1(C(O)c2ccc(Oc3nc(Oc4ccc(C(O)P5(=O)Oc6ccccc6-c6ccccc65)cc4)nc(Oc4ccc(C(O)P5(=O)Oc6ccccc6-c6ccccc65)cc4)n3)cc2)Oc2ccccc2-c2ccccc21. The molecule has 78 heavy (non-hydrogen) atoms.